The zero-order chi connectivity index (χ0) is 23.6. The van der Waals surface area contributed by atoms with E-state index in [9.17, 15) is 21.6 Å². The molecule has 0 bridgehead atoms. The number of carbonyl (C=O) groups is 1. The summed E-state index contributed by atoms with van der Waals surface area (Å²) in [5, 5.41) is 2.58. The minimum atomic E-state index is -3.92. The molecule has 0 aliphatic carbocycles. The van der Waals surface area contributed by atoms with Crippen molar-refractivity contribution in [2.24, 2.45) is 0 Å². The minimum Gasteiger partial charge on any atom is -0.326 e. The van der Waals surface area contributed by atoms with Gasteiger partial charge in [-0.25, -0.2) is 16.8 Å². The van der Waals surface area contributed by atoms with Crippen molar-refractivity contribution in [2.75, 3.05) is 20.9 Å². The molecule has 2 N–H and O–H groups in total. The van der Waals surface area contributed by atoms with Crippen LogP contribution in [-0.2, 0) is 31.3 Å². The Labute approximate surface area is 193 Å². The number of benzene rings is 3. The Bertz CT molecular complexity index is 1390. The van der Waals surface area contributed by atoms with Gasteiger partial charge in [-0.2, -0.15) is 0 Å². The van der Waals surface area contributed by atoms with E-state index in [-0.39, 0.29) is 21.4 Å². The highest BCUT2D eigenvalue weighted by Gasteiger charge is 2.29. The summed E-state index contributed by atoms with van der Waals surface area (Å²) in [4.78, 5) is 11.4. The van der Waals surface area contributed by atoms with Crippen LogP contribution in [0.25, 0.3) is 0 Å². The average Bonchev–Trinajstić information content (AvgIpc) is 2.79. The number of nitrogens with zero attached hydrogens (tertiary/aromatic N) is 1. The molecule has 0 radical (unpaired) electrons. The summed E-state index contributed by atoms with van der Waals surface area (Å²) in [5.41, 5.74) is 2.04. The van der Waals surface area contributed by atoms with E-state index in [1.807, 2.05) is 0 Å². The van der Waals surface area contributed by atoms with Crippen molar-refractivity contribution in [3.8, 4) is 0 Å². The maximum Gasteiger partial charge on any atom is 0.264 e. The van der Waals surface area contributed by atoms with Crippen molar-refractivity contribution < 1.29 is 21.6 Å². The molecule has 33 heavy (non-hydrogen) atoms. The number of amides is 1. The van der Waals surface area contributed by atoms with Crippen molar-refractivity contribution in [1.29, 1.82) is 0 Å². The van der Waals surface area contributed by atoms with Crippen LogP contribution < -0.4 is 14.3 Å². The highest BCUT2D eigenvalue weighted by molar-refractivity contribution is 7.93. The van der Waals surface area contributed by atoms with Crippen LogP contribution in [0.1, 0.15) is 18.9 Å². The van der Waals surface area contributed by atoms with Crippen LogP contribution in [0.4, 0.5) is 17.1 Å². The molecule has 0 spiro atoms. The predicted octanol–water partition coefficient (Wildman–Crippen LogP) is 3.59. The Kier molecular flexibility index (Phi) is 6.13. The lowest BCUT2D eigenvalue weighted by Gasteiger charge is -2.31. The maximum absolute atomic E-state index is 13.2. The largest absolute Gasteiger partial charge is 0.326 e. The molecule has 0 unspecified atom stereocenters. The third-order valence-electron chi connectivity index (χ3n) is 5.23. The maximum atomic E-state index is 13.2. The Morgan fingerprint density at radius 1 is 0.848 bits per heavy atom. The van der Waals surface area contributed by atoms with Gasteiger partial charge in [0.25, 0.3) is 20.0 Å². The molecule has 3 aromatic rings. The van der Waals surface area contributed by atoms with Crippen LogP contribution in [-0.4, -0.2) is 29.3 Å². The number of aryl methyl sites for hydroxylation is 1. The summed E-state index contributed by atoms with van der Waals surface area (Å²) in [6, 6.07) is 18.9. The van der Waals surface area contributed by atoms with Crippen molar-refractivity contribution in [3.05, 3.63) is 78.4 Å². The molecule has 10 heteroatoms. The van der Waals surface area contributed by atoms with E-state index in [4.69, 9.17) is 0 Å². The summed E-state index contributed by atoms with van der Waals surface area (Å²) in [5.74, 6) is -0.257. The topological polar surface area (TPSA) is 113 Å². The van der Waals surface area contributed by atoms with Crippen LogP contribution in [0.5, 0.6) is 0 Å². The fourth-order valence-electron chi connectivity index (χ4n) is 3.71. The highest BCUT2D eigenvalue weighted by Crippen LogP contribution is 2.34. The number of hydrogen-bond acceptors (Lipinski definition) is 5. The Morgan fingerprint density at radius 2 is 1.52 bits per heavy atom. The molecule has 8 nitrogen and oxygen atoms in total. The smallest absolute Gasteiger partial charge is 0.264 e. The molecule has 0 saturated heterocycles. The van der Waals surface area contributed by atoms with Crippen molar-refractivity contribution in [3.63, 3.8) is 0 Å². The van der Waals surface area contributed by atoms with Crippen LogP contribution in [0.2, 0.25) is 0 Å². The first-order valence-electron chi connectivity index (χ1n) is 10.3. The van der Waals surface area contributed by atoms with Crippen molar-refractivity contribution in [2.45, 2.75) is 29.6 Å². The monoisotopic (exact) mass is 485 g/mol. The molecule has 0 fully saturated rings. The van der Waals surface area contributed by atoms with E-state index in [0.29, 0.717) is 30.8 Å². The quantitative estimate of drug-likeness (QED) is 0.554. The molecular formula is C23H23N3O5S2. The van der Waals surface area contributed by atoms with Crippen LogP contribution >= 0.6 is 0 Å². The van der Waals surface area contributed by atoms with Gasteiger partial charge in [-0.3, -0.25) is 13.8 Å². The number of hydrogen-bond donors (Lipinski definition) is 2. The fraction of sp³-hybridized carbons (Fsp3) is 0.174. The van der Waals surface area contributed by atoms with Crippen LogP contribution in [0.3, 0.4) is 0 Å². The van der Waals surface area contributed by atoms with E-state index >= 15 is 0 Å². The van der Waals surface area contributed by atoms with Gasteiger partial charge in [0, 0.05) is 19.2 Å². The number of fused-ring (bicyclic) bond motifs is 1. The zero-order valence-corrected chi connectivity index (χ0v) is 19.5. The van der Waals surface area contributed by atoms with E-state index < -0.39 is 20.0 Å². The summed E-state index contributed by atoms with van der Waals surface area (Å²) in [6.45, 7) is 1.68. The van der Waals surface area contributed by atoms with Crippen LogP contribution in [0.15, 0.2) is 82.6 Å². The van der Waals surface area contributed by atoms with E-state index in [2.05, 4.69) is 10.0 Å². The van der Waals surface area contributed by atoms with Gasteiger partial charge in [0.05, 0.1) is 21.2 Å². The van der Waals surface area contributed by atoms with Gasteiger partial charge in [-0.15, -0.1) is 0 Å². The molecule has 1 heterocycles. The summed E-state index contributed by atoms with van der Waals surface area (Å²) < 4.78 is 56.1. The standard InChI is InChI=1S/C23H23N3O5S2/c1-17(27)24-19-11-13-21(14-12-19)32(28,29)25-20-10-9-18-6-5-15-26(23(18)16-20)33(30,31)22-7-3-2-4-8-22/h2-4,7-14,16,25H,5-6,15H2,1H3,(H,24,27). The summed E-state index contributed by atoms with van der Waals surface area (Å²) in [6.07, 6.45) is 1.37. The van der Waals surface area contributed by atoms with Gasteiger partial charge in [-0.1, -0.05) is 24.3 Å². The molecule has 172 valence electrons. The summed E-state index contributed by atoms with van der Waals surface area (Å²) in [7, 11) is -7.70. The van der Waals surface area contributed by atoms with E-state index in [1.54, 1.807) is 48.5 Å². The first-order chi connectivity index (χ1) is 15.7. The second-order valence-corrected chi connectivity index (χ2v) is 11.2. The zero-order valence-electron chi connectivity index (χ0n) is 17.9. The van der Waals surface area contributed by atoms with Crippen molar-refractivity contribution in [1.82, 2.24) is 0 Å². The van der Waals surface area contributed by atoms with Gasteiger partial charge in [-0.05, 0) is 66.9 Å². The van der Waals surface area contributed by atoms with Gasteiger partial charge in [0.1, 0.15) is 0 Å². The molecule has 1 aliphatic rings. The Morgan fingerprint density at radius 3 is 2.18 bits per heavy atom. The molecular weight excluding hydrogens is 462 g/mol. The van der Waals surface area contributed by atoms with E-state index in [0.717, 1.165) is 5.56 Å². The lowest BCUT2D eigenvalue weighted by atomic mass is 10.0. The molecule has 3 aromatic carbocycles. The SMILES string of the molecule is CC(=O)Nc1ccc(S(=O)(=O)Nc2ccc3c(c2)N(S(=O)(=O)c2ccccc2)CCC3)cc1. The Balaban J connectivity index is 1.63. The number of carbonyl (C=O) groups excluding carboxylic acids is 1. The lowest BCUT2D eigenvalue weighted by molar-refractivity contribution is -0.114. The molecule has 0 aromatic heterocycles. The molecule has 4 rings (SSSR count). The first-order valence-corrected chi connectivity index (χ1v) is 13.2. The Hall–Kier alpha value is -3.37. The van der Waals surface area contributed by atoms with E-state index in [1.165, 1.54) is 35.5 Å². The molecule has 1 amide bonds. The number of nitrogens with one attached hydrogen (secondary N) is 2. The van der Waals surface area contributed by atoms with Crippen molar-refractivity contribution >= 4 is 43.0 Å². The third-order valence-corrected chi connectivity index (χ3v) is 8.45. The van der Waals surface area contributed by atoms with Gasteiger partial charge < -0.3 is 5.32 Å². The third kappa shape index (κ3) is 4.86. The molecule has 0 saturated carbocycles. The normalized spacial score (nSPS) is 13.8. The van der Waals surface area contributed by atoms with Gasteiger partial charge >= 0.3 is 0 Å². The highest BCUT2D eigenvalue weighted by atomic mass is 32.2. The molecule has 0 atom stereocenters. The minimum absolute atomic E-state index is 0.0167. The summed E-state index contributed by atoms with van der Waals surface area (Å²) >= 11 is 0. The van der Waals surface area contributed by atoms with Gasteiger partial charge in [0.2, 0.25) is 5.91 Å². The van der Waals surface area contributed by atoms with Crippen LogP contribution in [0, 0.1) is 0 Å². The lowest BCUT2D eigenvalue weighted by Crippen LogP contribution is -2.35. The predicted molar refractivity (Wildman–Crippen MR) is 127 cm³/mol. The second-order valence-electron chi connectivity index (χ2n) is 7.65. The number of anilines is 3. The number of sulfonamides is 2. The molecule has 1 aliphatic heterocycles. The van der Waals surface area contributed by atoms with Gasteiger partial charge in [0.15, 0.2) is 0 Å². The average molecular weight is 486 g/mol. The number of rotatable bonds is 6. The first kappa shape index (κ1) is 22.8. The second kappa shape index (κ2) is 8.87. The fourth-order valence-corrected chi connectivity index (χ4v) is 6.31.